The third kappa shape index (κ3) is 3.69. The molecule has 0 fully saturated rings. The lowest BCUT2D eigenvalue weighted by molar-refractivity contribution is -0.890. The summed E-state index contributed by atoms with van der Waals surface area (Å²) >= 11 is 6.11. The average Bonchev–Trinajstić information content (AvgIpc) is 3.15. The van der Waals surface area contributed by atoms with Crippen LogP contribution in [-0.2, 0) is 6.42 Å². The summed E-state index contributed by atoms with van der Waals surface area (Å²) < 4.78 is 1.60. The molecule has 4 rings (SSSR count). The monoisotopic (exact) mass is 419 g/mol. The Labute approximate surface area is 176 Å². The van der Waals surface area contributed by atoms with Gasteiger partial charge in [-0.15, -0.1) is 0 Å². The molecule has 0 aliphatic heterocycles. The van der Waals surface area contributed by atoms with E-state index < -0.39 is 5.97 Å². The number of carboxylic acids is 1. The van der Waals surface area contributed by atoms with Gasteiger partial charge in [-0.3, -0.25) is 4.84 Å². The highest BCUT2D eigenvalue weighted by Gasteiger charge is 2.18. The number of carbonyl (C=O) groups is 1. The summed E-state index contributed by atoms with van der Waals surface area (Å²) in [5.74, 6) is -0.315. The number of H-pyrrole nitrogens is 1. The van der Waals surface area contributed by atoms with Crippen molar-refractivity contribution in [2.24, 2.45) is 0 Å². The van der Waals surface area contributed by atoms with Crippen LogP contribution in [0.1, 0.15) is 27.4 Å². The lowest BCUT2D eigenvalue weighted by Gasteiger charge is -2.05. The first-order valence-corrected chi connectivity index (χ1v) is 9.37. The third-order valence-electron chi connectivity index (χ3n) is 4.73. The van der Waals surface area contributed by atoms with Gasteiger partial charge in [-0.2, -0.15) is 5.26 Å². The predicted molar refractivity (Wildman–Crippen MR) is 110 cm³/mol. The van der Waals surface area contributed by atoms with E-state index in [4.69, 9.17) is 21.5 Å². The maximum atomic E-state index is 11.2. The topological polar surface area (TPSA) is 103 Å². The van der Waals surface area contributed by atoms with E-state index in [0.29, 0.717) is 39.4 Å². The molecule has 0 bridgehead atoms. The number of hydrogen-bond donors (Lipinski definition) is 2. The standard InChI is InChI=1S/C22H15ClN4O3/c1-30-27-12-15(18-9-16(23)5-2-14(18)11-24)3-6-17(27)10-21-25-19-7-4-13(22(28)29)8-20(19)26-21/h2-9,12H,10H2,1H3,(H-,25,26,28,29)/p+1. The number of halogens is 1. The van der Waals surface area contributed by atoms with Crippen LogP contribution < -0.4 is 9.57 Å². The Morgan fingerprint density at radius 1 is 1.27 bits per heavy atom. The SMILES string of the molecule is CO[n+]1cc(-c2cc(Cl)ccc2C#N)ccc1Cc1nc2ccc(C(=O)O)cc2[nH]1. The Morgan fingerprint density at radius 2 is 2.10 bits per heavy atom. The fourth-order valence-electron chi connectivity index (χ4n) is 3.28. The minimum Gasteiger partial charge on any atom is -0.478 e. The van der Waals surface area contributed by atoms with Crippen LogP contribution >= 0.6 is 11.6 Å². The van der Waals surface area contributed by atoms with Gasteiger partial charge in [-0.1, -0.05) is 11.6 Å². The Kier molecular flexibility index (Phi) is 5.09. The molecule has 148 valence electrons. The molecule has 0 aliphatic carbocycles. The van der Waals surface area contributed by atoms with E-state index in [0.717, 1.165) is 11.3 Å². The Bertz CT molecular complexity index is 1320. The molecule has 0 radical (unpaired) electrons. The number of hydrogen-bond acceptors (Lipinski definition) is 4. The molecule has 7 nitrogen and oxygen atoms in total. The predicted octanol–water partition coefficient (Wildman–Crippen LogP) is 3.39. The highest BCUT2D eigenvalue weighted by atomic mass is 35.5. The Hall–Kier alpha value is -3.89. The second kappa shape index (κ2) is 7.85. The summed E-state index contributed by atoms with van der Waals surface area (Å²) in [7, 11) is 1.55. The maximum absolute atomic E-state index is 11.2. The van der Waals surface area contributed by atoms with Crippen molar-refractivity contribution >= 4 is 28.6 Å². The van der Waals surface area contributed by atoms with Crippen LogP contribution in [0.4, 0.5) is 0 Å². The van der Waals surface area contributed by atoms with E-state index in [1.165, 1.54) is 6.07 Å². The van der Waals surface area contributed by atoms with Crippen LogP contribution in [0.25, 0.3) is 22.2 Å². The Balaban J connectivity index is 1.69. The second-order valence-corrected chi connectivity index (χ2v) is 7.05. The molecule has 2 aromatic carbocycles. The summed E-state index contributed by atoms with van der Waals surface area (Å²) in [6, 6.07) is 15.8. The molecular formula is C22H16ClN4O3+. The van der Waals surface area contributed by atoms with Crippen molar-refractivity contribution in [2.45, 2.75) is 6.42 Å². The lowest BCUT2D eigenvalue weighted by atomic mass is 10.0. The highest BCUT2D eigenvalue weighted by Crippen LogP contribution is 2.26. The molecule has 30 heavy (non-hydrogen) atoms. The van der Waals surface area contributed by atoms with E-state index >= 15 is 0 Å². The molecule has 0 spiro atoms. The fourth-order valence-corrected chi connectivity index (χ4v) is 3.45. The van der Waals surface area contributed by atoms with Gasteiger partial charge in [0.25, 0.3) is 0 Å². The molecule has 2 aromatic heterocycles. The molecule has 0 amide bonds. The zero-order valence-electron chi connectivity index (χ0n) is 15.9. The van der Waals surface area contributed by atoms with Crippen molar-refractivity contribution in [3.63, 3.8) is 0 Å². The average molecular weight is 420 g/mol. The van der Waals surface area contributed by atoms with E-state index in [1.807, 2.05) is 12.1 Å². The van der Waals surface area contributed by atoms with Crippen LogP contribution in [0, 0.1) is 11.3 Å². The third-order valence-corrected chi connectivity index (χ3v) is 4.97. The van der Waals surface area contributed by atoms with Crippen molar-refractivity contribution < 1.29 is 19.5 Å². The smallest absolute Gasteiger partial charge is 0.335 e. The Morgan fingerprint density at radius 3 is 2.83 bits per heavy atom. The van der Waals surface area contributed by atoms with Crippen molar-refractivity contribution in [3.8, 4) is 17.2 Å². The van der Waals surface area contributed by atoms with Gasteiger partial charge >= 0.3 is 5.97 Å². The summed E-state index contributed by atoms with van der Waals surface area (Å²) in [6.07, 6.45) is 2.22. The highest BCUT2D eigenvalue weighted by molar-refractivity contribution is 6.30. The molecule has 0 unspecified atom stereocenters. The maximum Gasteiger partial charge on any atom is 0.335 e. The van der Waals surface area contributed by atoms with Crippen LogP contribution in [0.15, 0.2) is 54.7 Å². The van der Waals surface area contributed by atoms with Crippen LogP contribution in [0.2, 0.25) is 5.02 Å². The van der Waals surface area contributed by atoms with Gasteiger partial charge in [-0.25, -0.2) is 9.78 Å². The zero-order valence-corrected chi connectivity index (χ0v) is 16.6. The molecule has 2 heterocycles. The molecule has 2 N–H and O–H groups in total. The number of aromatic nitrogens is 3. The summed E-state index contributed by atoms with van der Waals surface area (Å²) in [6.45, 7) is 0. The van der Waals surface area contributed by atoms with Crippen molar-refractivity contribution in [1.29, 1.82) is 5.26 Å². The number of carboxylic acid groups (broad SMARTS) is 1. The van der Waals surface area contributed by atoms with Crippen LogP contribution in [0.3, 0.4) is 0 Å². The largest absolute Gasteiger partial charge is 0.478 e. The number of fused-ring (bicyclic) bond motifs is 1. The van der Waals surface area contributed by atoms with Crippen LogP contribution in [0.5, 0.6) is 0 Å². The number of benzene rings is 2. The molecule has 0 saturated carbocycles. The minimum atomic E-state index is -0.987. The lowest BCUT2D eigenvalue weighted by Crippen LogP contribution is -2.44. The van der Waals surface area contributed by atoms with Gasteiger partial charge in [-0.05, 0) is 42.5 Å². The van der Waals surface area contributed by atoms with Crippen molar-refractivity contribution in [3.05, 3.63) is 82.4 Å². The number of rotatable bonds is 5. The van der Waals surface area contributed by atoms with E-state index in [1.54, 1.807) is 48.4 Å². The summed E-state index contributed by atoms with van der Waals surface area (Å²) in [5, 5.41) is 19.1. The van der Waals surface area contributed by atoms with Crippen LogP contribution in [-0.4, -0.2) is 28.2 Å². The van der Waals surface area contributed by atoms with Crippen molar-refractivity contribution in [1.82, 2.24) is 9.97 Å². The van der Waals surface area contributed by atoms with Gasteiger partial charge in [0.2, 0.25) is 11.9 Å². The number of imidazole rings is 1. The van der Waals surface area contributed by atoms with Crippen molar-refractivity contribution in [2.75, 3.05) is 7.11 Å². The molecule has 4 aromatic rings. The van der Waals surface area contributed by atoms with E-state index in [9.17, 15) is 10.1 Å². The summed E-state index contributed by atoms with van der Waals surface area (Å²) in [5.41, 5.74) is 4.38. The number of pyridine rings is 1. The quantitative estimate of drug-likeness (QED) is 0.483. The normalized spacial score (nSPS) is 10.7. The minimum absolute atomic E-state index is 0.198. The van der Waals surface area contributed by atoms with Gasteiger partial charge in [0, 0.05) is 21.4 Å². The fraction of sp³-hybridized carbons (Fsp3) is 0.0909. The first kappa shape index (κ1) is 19.4. The van der Waals surface area contributed by atoms with E-state index in [-0.39, 0.29) is 5.56 Å². The molecular weight excluding hydrogens is 404 g/mol. The van der Waals surface area contributed by atoms with Gasteiger partial charge < -0.3 is 10.1 Å². The first-order valence-electron chi connectivity index (χ1n) is 8.99. The first-order chi connectivity index (χ1) is 14.5. The van der Waals surface area contributed by atoms with Gasteiger partial charge in [0.1, 0.15) is 12.9 Å². The number of nitriles is 1. The second-order valence-electron chi connectivity index (χ2n) is 6.62. The van der Waals surface area contributed by atoms with E-state index in [2.05, 4.69) is 16.0 Å². The van der Waals surface area contributed by atoms with Gasteiger partial charge in [0.05, 0.1) is 40.2 Å². The molecule has 0 saturated heterocycles. The zero-order chi connectivity index (χ0) is 21.3. The molecule has 0 aliphatic rings. The molecule has 0 atom stereocenters. The molecule has 8 heteroatoms. The number of aromatic carboxylic acids is 1. The number of aromatic amines is 1. The summed E-state index contributed by atoms with van der Waals surface area (Å²) in [4.78, 5) is 24.3. The number of nitrogens with one attached hydrogen (secondary N) is 1. The number of nitrogens with zero attached hydrogens (tertiary/aromatic N) is 3. The van der Waals surface area contributed by atoms with Gasteiger partial charge in [0.15, 0.2) is 0 Å².